The fraction of sp³-hybridized carbons (Fsp3) is 0.154. The molecule has 0 atom stereocenters. The fourth-order valence-electron chi connectivity index (χ4n) is 3.37. The molecule has 3 aromatic carbocycles. The molecule has 1 aromatic heterocycles. The van der Waals surface area contributed by atoms with Gasteiger partial charge in [-0.25, -0.2) is 10.4 Å². The van der Waals surface area contributed by atoms with Gasteiger partial charge in [0.25, 0.3) is 11.5 Å². The quantitative estimate of drug-likeness (QED) is 0.174. The zero-order valence-corrected chi connectivity index (χ0v) is 20.3. The van der Waals surface area contributed by atoms with Crippen LogP contribution in [0, 0.1) is 0 Å². The van der Waals surface area contributed by atoms with Gasteiger partial charge >= 0.3 is 0 Å². The molecule has 0 aliphatic carbocycles. The van der Waals surface area contributed by atoms with E-state index in [2.05, 4.69) is 15.5 Å². The molecule has 35 heavy (non-hydrogen) atoms. The SMILES string of the molecule is COc1ccc(/C(C)=N\NC(=O)CSc2nc3ccccc3c(=O)n2-c2ccc(OC)cc2)cc1. The number of hydrogen-bond acceptors (Lipinski definition) is 7. The maximum absolute atomic E-state index is 13.3. The second-order valence-corrected chi connectivity index (χ2v) is 8.44. The molecule has 0 aliphatic heterocycles. The minimum Gasteiger partial charge on any atom is -0.497 e. The Morgan fingerprint density at radius 2 is 1.60 bits per heavy atom. The fourth-order valence-corrected chi connectivity index (χ4v) is 4.18. The van der Waals surface area contributed by atoms with Crippen LogP contribution >= 0.6 is 11.8 Å². The molecule has 9 heteroatoms. The van der Waals surface area contributed by atoms with Crippen molar-refractivity contribution in [3.05, 3.63) is 88.7 Å². The van der Waals surface area contributed by atoms with Gasteiger partial charge in [0.1, 0.15) is 11.5 Å². The number of thioether (sulfide) groups is 1. The van der Waals surface area contributed by atoms with Crippen LogP contribution in [0.4, 0.5) is 0 Å². The Morgan fingerprint density at radius 1 is 0.971 bits per heavy atom. The van der Waals surface area contributed by atoms with Crippen molar-refractivity contribution < 1.29 is 14.3 Å². The number of aromatic nitrogens is 2. The number of benzene rings is 3. The van der Waals surface area contributed by atoms with Crippen LogP contribution in [0.1, 0.15) is 12.5 Å². The van der Waals surface area contributed by atoms with Gasteiger partial charge in [-0.15, -0.1) is 0 Å². The number of fused-ring (bicyclic) bond motifs is 1. The molecule has 8 nitrogen and oxygen atoms in total. The Hall–Kier alpha value is -4.11. The largest absolute Gasteiger partial charge is 0.497 e. The Morgan fingerprint density at radius 3 is 2.26 bits per heavy atom. The van der Waals surface area contributed by atoms with Crippen molar-refractivity contribution in [2.24, 2.45) is 5.10 Å². The summed E-state index contributed by atoms with van der Waals surface area (Å²) in [5, 5.41) is 5.09. The molecule has 0 saturated carbocycles. The van der Waals surface area contributed by atoms with Crippen molar-refractivity contribution in [2.75, 3.05) is 20.0 Å². The standard InChI is InChI=1S/C26H24N4O4S/c1-17(18-8-12-20(33-2)13-9-18)28-29-24(31)16-35-26-27-23-7-5-4-6-22(23)25(32)30(26)19-10-14-21(34-3)15-11-19/h4-15H,16H2,1-3H3,(H,29,31)/b28-17-. The lowest BCUT2D eigenvalue weighted by Crippen LogP contribution is -2.24. The van der Waals surface area contributed by atoms with E-state index in [-0.39, 0.29) is 17.2 Å². The molecule has 178 valence electrons. The Kier molecular flexibility index (Phi) is 7.47. The predicted octanol–water partition coefficient (Wildman–Crippen LogP) is 4.04. The van der Waals surface area contributed by atoms with E-state index >= 15 is 0 Å². The van der Waals surface area contributed by atoms with Gasteiger partial charge in [-0.2, -0.15) is 5.10 Å². The Balaban J connectivity index is 1.56. The zero-order valence-electron chi connectivity index (χ0n) is 19.5. The molecule has 0 unspecified atom stereocenters. The highest BCUT2D eigenvalue weighted by molar-refractivity contribution is 7.99. The second-order valence-electron chi connectivity index (χ2n) is 7.50. The molecule has 1 heterocycles. The molecule has 0 fully saturated rings. The van der Waals surface area contributed by atoms with Crippen LogP contribution in [0.3, 0.4) is 0 Å². The summed E-state index contributed by atoms with van der Waals surface area (Å²) in [6, 6.07) is 21.6. The number of hydrogen-bond donors (Lipinski definition) is 1. The summed E-state index contributed by atoms with van der Waals surface area (Å²) in [4.78, 5) is 30.5. The van der Waals surface area contributed by atoms with Crippen molar-refractivity contribution in [3.63, 3.8) is 0 Å². The van der Waals surface area contributed by atoms with Crippen LogP contribution in [0.2, 0.25) is 0 Å². The number of para-hydroxylation sites is 1. The molecule has 0 spiro atoms. The summed E-state index contributed by atoms with van der Waals surface area (Å²) < 4.78 is 11.9. The highest BCUT2D eigenvalue weighted by Crippen LogP contribution is 2.22. The normalized spacial score (nSPS) is 11.3. The highest BCUT2D eigenvalue weighted by Gasteiger charge is 2.15. The van der Waals surface area contributed by atoms with E-state index in [4.69, 9.17) is 9.47 Å². The van der Waals surface area contributed by atoms with Crippen molar-refractivity contribution in [1.82, 2.24) is 15.0 Å². The lowest BCUT2D eigenvalue weighted by atomic mass is 10.1. The first kappa shape index (κ1) is 24.0. The Labute approximate surface area is 206 Å². The summed E-state index contributed by atoms with van der Waals surface area (Å²) in [6.07, 6.45) is 0. The molecule has 1 amide bonds. The lowest BCUT2D eigenvalue weighted by Gasteiger charge is -2.13. The third-order valence-electron chi connectivity index (χ3n) is 5.26. The minimum atomic E-state index is -0.313. The number of methoxy groups -OCH3 is 2. The highest BCUT2D eigenvalue weighted by atomic mass is 32.2. The average Bonchev–Trinajstić information content (AvgIpc) is 2.90. The van der Waals surface area contributed by atoms with Gasteiger partial charge in [-0.1, -0.05) is 23.9 Å². The molecule has 0 radical (unpaired) electrons. The summed E-state index contributed by atoms with van der Waals surface area (Å²) >= 11 is 1.16. The van der Waals surface area contributed by atoms with Crippen LogP contribution in [-0.4, -0.2) is 41.1 Å². The van der Waals surface area contributed by atoms with Gasteiger partial charge in [0.05, 0.1) is 42.3 Å². The van der Waals surface area contributed by atoms with Crippen LogP contribution in [0.5, 0.6) is 11.5 Å². The number of nitrogens with zero attached hydrogens (tertiary/aromatic N) is 3. The number of rotatable bonds is 8. The molecule has 1 N–H and O–H groups in total. The van der Waals surface area contributed by atoms with Gasteiger partial charge in [-0.05, 0) is 73.2 Å². The second kappa shape index (κ2) is 10.9. The van der Waals surface area contributed by atoms with Crippen molar-refractivity contribution >= 4 is 34.3 Å². The van der Waals surface area contributed by atoms with E-state index in [1.165, 1.54) is 4.57 Å². The molecule has 0 aliphatic rings. The maximum Gasteiger partial charge on any atom is 0.266 e. The van der Waals surface area contributed by atoms with E-state index in [0.717, 1.165) is 23.1 Å². The van der Waals surface area contributed by atoms with E-state index in [1.807, 2.05) is 37.3 Å². The molecular weight excluding hydrogens is 464 g/mol. The number of nitrogens with one attached hydrogen (secondary N) is 1. The van der Waals surface area contributed by atoms with Crippen LogP contribution in [-0.2, 0) is 4.79 Å². The number of carbonyl (C=O) groups excluding carboxylic acids is 1. The zero-order chi connectivity index (χ0) is 24.8. The number of amides is 1. The predicted molar refractivity (Wildman–Crippen MR) is 138 cm³/mol. The van der Waals surface area contributed by atoms with E-state index in [0.29, 0.717) is 33.2 Å². The van der Waals surface area contributed by atoms with Gasteiger partial charge in [0.15, 0.2) is 5.16 Å². The first-order chi connectivity index (χ1) is 17.0. The van der Waals surface area contributed by atoms with Gasteiger partial charge < -0.3 is 9.47 Å². The Bertz CT molecular complexity index is 1430. The van der Waals surface area contributed by atoms with Crippen molar-refractivity contribution in [3.8, 4) is 17.2 Å². The average molecular weight is 489 g/mol. The van der Waals surface area contributed by atoms with Gasteiger partial charge in [-0.3, -0.25) is 14.2 Å². The minimum absolute atomic E-state index is 0.0281. The summed E-state index contributed by atoms with van der Waals surface area (Å²) in [5.41, 5.74) is 5.08. The van der Waals surface area contributed by atoms with Crippen LogP contribution in [0.25, 0.3) is 16.6 Å². The van der Waals surface area contributed by atoms with Crippen LogP contribution < -0.4 is 20.5 Å². The summed E-state index contributed by atoms with van der Waals surface area (Å²) in [6.45, 7) is 1.81. The number of carbonyl (C=O) groups is 1. The maximum atomic E-state index is 13.3. The van der Waals surface area contributed by atoms with Gasteiger partial charge in [0.2, 0.25) is 0 Å². The van der Waals surface area contributed by atoms with E-state index in [9.17, 15) is 9.59 Å². The first-order valence-corrected chi connectivity index (χ1v) is 11.8. The third kappa shape index (κ3) is 5.52. The van der Waals surface area contributed by atoms with E-state index < -0.39 is 0 Å². The third-order valence-corrected chi connectivity index (χ3v) is 6.20. The van der Waals surface area contributed by atoms with Crippen LogP contribution in [0.15, 0.2) is 87.8 Å². The summed E-state index contributed by atoms with van der Waals surface area (Å²) in [7, 11) is 3.18. The van der Waals surface area contributed by atoms with E-state index in [1.54, 1.807) is 56.7 Å². The number of ether oxygens (including phenoxy) is 2. The molecule has 4 aromatic rings. The molecule has 0 bridgehead atoms. The van der Waals surface area contributed by atoms with Crippen molar-refractivity contribution in [1.29, 1.82) is 0 Å². The number of hydrazone groups is 1. The van der Waals surface area contributed by atoms with Gasteiger partial charge in [0, 0.05) is 0 Å². The first-order valence-electron chi connectivity index (χ1n) is 10.8. The lowest BCUT2D eigenvalue weighted by molar-refractivity contribution is -0.118. The van der Waals surface area contributed by atoms with Crippen molar-refractivity contribution in [2.45, 2.75) is 12.1 Å². The molecule has 0 saturated heterocycles. The summed E-state index contributed by atoms with van der Waals surface area (Å²) in [5.74, 6) is 1.13. The smallest absolute Gasteiger partial charge is 0.266 e. The topological polar surface area (TPSA) is 94.8 Å². The monoisotopic (exact) mass is 488 g/mol. The molecular formula is C26H24N4O4S. The molecule has 4 rings (SSSR count).